The topological polar surface area (TPSA) is 35.5 Å². The molecule has 0 aromatic carbocycles. The molecule has 0 atom stereocenters. The number of hydrogen-bond acceptors (Lipinski definition) is 3. The molecule has 0 radical (unpaired) electrons. The number of carbonyl (C=O) groups excluding carboxylic acids is 1. The van der Waals surface area contributed by atoms with Crippen molar-refractivity contribution >= 4 is 6.29 Å². The van der Waals surface area contributed by atoms with Crippen LogP contribution in [0.5, 0.6) is 0 Å². The minimum atomic E-state index is 0.176. The molecule has 0 aromatic rings. The summed E-state index contributed by atoms with van der Waals surface area (Å²) in [5, 5.41) is 0. The van der Waals surface area contributed by atoms with Gasteiger partial charge in [-0.2, -0.15) is 0 Å². The average molecular weight is 256 g/mol. The highest BCUT2D eigenvalue weighted by Gasteiger charge is 1.96. The molecule has 0 N–H and O–H groups in total. The Labute approximate surface area is 112 Å². The molecular weight excluding hydrogens is 228 g/mol. The quantitative estimate of drug-likeness (QED) is 0.163. The van der Waals surface area contributed by atoms with Gasteiger partial charge in [-0.05, 0) is 25.3 Å². The average Bonchev–Trinajstić information content (AvgIpc) is 2.40. The van der Waals surface area contributed by atoms with Crippen molar-refractivity contribution < 1.29 is 14.3 Å². The van der Waals surface area contributed by atoms with Gasteiger partial charge in [0, 0.05) is 0 Å². The maximum atomic E-state index is 10.7. The Morgan fingerprint density at radius 3 is 2.39 bits per heavy atom. The van der Waals surface area contributed by atoms with Crippen LogP contribution in [0.4, 0.5) is 0 Å². The zero-order chi connectivity index (χ0) is 13.5. The fourth-order valence-electron chi connectivity index (χ4n) is 1.62. The van der Waals surface area contributed by atoms with E-state index in [-0.39, 0.29) is 6.79 Å². The Bertz CT molecular complexity index is 212. The smallest absolute Gasteiger partial charge is 0.189 e. The number of carbonyl (C=O) groups is 1. The maximum Gasteiger partial charge on any atom is 0.189 e. The van der Waals surface area contributed by atoms with Crippen LogP contribution < -0.4 is 0 Å². The van der Waals surface area contributed by atoms with Crippen LogP contribution in [0.1, 0.15) is 65.2 Å². The van der Waals surface area contributed by atoms with Crippen molar-refractivity contribution in [1.82, 2.24) is 0 Å². The Balaban J connectivity index is 3.49. The van der Waals surface area contributed by atoms with Gasteiger partial charge in [-0.15, -0.1) is 0 Å². The minimum Gasteiger partial charge on any atom is -0.464 e. The lowest BCUT2D eigenvalue weighted by atomic mass is 10.1. The molecule has 0 bridgehead atoms. The van der Waals surface area contributed by atoms with E-state index in [9.17, 15) is 4.79 Å². The highest BCUT2D eigenvalue weighted by atomic mass is 16.7. The molecule has 0 amide bonds. The first-order valence-corrected chi connectivity index (χ1v) is 7.21. The summed E-state index contributed by atoms with van der Waals surface area (Å²) in [5.74, 6) is 0.402. The number of unbranched alkanes of at least 4 members (excludes halogenated alkanes) is 6. The summed E-state index contributed by atoms with van der Waals surface area (Å²) in [6.07, 6.45) is 12.1. The molecule has 0 heterocycles. The van der Waals surface area contributed by atoms with Gasteiger partial charge >= 0.3 is 0 Å². The zero-order valence-electron chi connectivity index (χ0n) is 12.0. The van der Waals surface area contributed by atoms with Gasteiger partial charge in [0.2, 0.25) is 0 Å². The lowest BCUT2D eigenvalue weighted by molar-refractivity contribution is -0.111. The van der Waals surface area contributed by atoms with Crippen molar-refractivity contribution in [3.8, 4) is 0 Å². The lowest BCUT2D eigenvalue weighted by Gasteiger charge is -2.05. The zero-order valence-corrected chi connectivity index (χ0v) is 12.0. The lowest BCUT2D eigenvalue weighted by Crippen LogP contribution is -2.01. The Morgan fingerprint density at radius 1 is 1.00 bits per heavy atom. The molecule has 0 aliphatic rings. The van der Waals surface area contributed by atoms with Crippen molar-refractivity contribution in [3.05, 3.63) is 11.8 Å². The summed E-state index contributed by atoms with van der Waals surface area (Å²) >= 11 is 0. The van der Waals surface area contributed by atoms with Crippen molar-refractivity contribution in [2.24, 2.45) is 0 Å². The third-order valence-electron chi connectivity index (χ3n) is 2.68. The van der Waals surface area contributed by atoms with Crippen molar-refractivity contribution in [2.75, 3.05) is 13.4 Å². The largest absolute Gasteiger partial charge is 0.464 e. The number of aldehydes is 1. The van der Waals surface area contributed by atoms with Crippen LogP contribution in [-0.4, -0.2) is 19.7 Å². The fraction of sp³-hybridized carbons (Fsp3) is 0.800. The maximum absolute atomic E-state index is 10.7. The second-order valence-electron chi connectivity index (χ2n) is 4.45. The van der Waals surface area contributed by atoms with Gasteiger partial charge < -0.3 is 9.47 Å². The van der Waals surface area contributed by atoms with E-state index in [4.69, 9.17) is 9.47 Å². The molecule has 0 fully saturated rings. The predicted molar refractivity (Wildman–Crippen MR) is 74.3 cm³/mol. The normalized spacial score (nSPS) is 11.6. The Kier molecular flexibility index (Phi) is 13.6. The van der Waals surface area contributed by atoms with Crippen LogP contribution >= 0.6 is 0 Å². The summed E-state index contributed by atoms with van der Waals surface area (Å²) in [4.78, 5) is 10.7. The van der Waals surface area contributed by atoms with Gasteiger partial charge in [0.05, 0.1) is 6.61 Å². The van der Waals surface area contributed by atoms with Crippen molar-refractivity contribution in [3.63, 3.8) is 0 Å². The van der Waals surface area contributed by atoms with E-state index in [1.165, 1.54) is 32.1 Å². The molecule has 0 unspecified atom stereocenters. The van der Waals surface area contributed by atoms with E-state index < -0.39 is 0 Å². The van der Waals surface area contributed by atoms with E-state index in [0.29, 0.717) is 12.4 Å². The SMILES string of the molecule is CCCCCCCCC=C(C=O)OCOCCC. The molecule has 106 valence electrons. The van der Waals surface area contributed by atoms with Gasteiger partial charge in [0.1, 0.15) is 0 Å². The Morgan fingerprint density at radius 2 is 1.72 bits per heavy atom. The van der Waals surface area contributed by atoms with Gasteiger partial charge in [0.25, 0.3) is 0 Å². The van der Waals surface area contributed by atoms with Gasteiger partial charge in [-0.1, -0.05) is 46.0 Å². The molecule has 0 rings (SSSR count). The van der Waals surface area contributed by atoms with E-state index in [1.807, 2.05) is 13.0 Å². The summed E-state index contributed by atoms with van der Waals surface area (Å²) in [6, 6.07) is 0. The molecule has 18 heavy (non-hydrogen) atoms. The van der Waals surface area contributed by atoms with E-state index in [1.54, 1.807) is 0 Å². The highest BCUT2D eigenvalue weighted by Crippen LogP contribution is 2.08. The standard InChI is InChI=1S/C15H28O3/c1-3-5-6-7-8-9-10-11-15(13-16)18-14-17-12-4-2/h11,13H,3-10,12,14H2,1-2H3. The van der Waals surface area contributed by atoms with Gasteiger partial charge in [0.15, 0.2) is 18.8 Å². The van der Waals surface area contributed by atoms with E-state index in [2.05, 4.69) is 6.92 Å². The Hall–Kier alpha value is -0.830. The number of ether oxygens (including phenoxy) is 2. The fourth-order valence-corrected chi connectivity index (χ4v) is 1.62. The first-order valence-electron chi connectivity index (χ1n) is 7.21. The molecule has 3 nitrogen and oxygen atoms in total. The van der Waals surface area contributed by atoms with Crippen molar-refractivity contribution in [1.29, 1.82) is 0 Å². The van der Waals surface area contributed by atoms with Gasteiger partial charge in [-0.25, -0.2) is 0 Å². The van der Waals surface area contributed by atoms with Gasteiger partial charge in [-0.3, -0.25) is 4.79 Å². The number of hydrogen-bond donors (Lipinski definition) is 0. The minimum absolute atomic E-state index is 0.176. The molecule has 0 aliphatic heterocycles. The summed E-state index contributed by atoms with van der Waals surface area (Å²) in [5.41, 5.74) is 0. The van der Waals surface area contributed by atoms with Crippen LogP contribution in [-0.2, 0) is 14.3 Å². The molecule has 0 aliphatic carbocycles. The molecule has 0 spiro atoms. The van der Waals surface area contributed by atoms with Crippen LogP contribution in [0.3, 0.4) is 0 Å². The summed E-state index contributed by atoms with van der Waals surface area (Å²) in [7, 11) is 0. The van der Waals surface area contributed by atoms with Crippen LogP contribution in [0.2, 0.25) is 0 Å². The van der Waals surface area contributed by atoms with Crippen LogP contribution in [0.15, 0.2) is 11.8 Å². The molecular formula is C15H28O3. The molecule has 0 saturated heterocycles. The van der Waals surface area contributed by atoms with Crippen LogP contribution in [0, 0.1) is 0 Å². The van der Waals surface area contributed by atoms with Crippen LogP contribution in [0.25, 0.3) is 0 Å². The van der Waals surface area contributed by atoms with E-state index >= 15 is 0 Å². The molecule has 0 aromatic heterocycles. The monoisotopic (exact) mass is 256 g/mol. The molecule has 3 heteroatoms. The first-order chi connectivity index (χ1) is 8.85. The third kappa shape index (κ3) is 11.6. The first kappa shape index (κ1) is 17.2. The number of allylic oxidation sites excluding steroid dienone is 2. The summed E-state index contributed by atoms with van der Waals surface area (Å²) in [6.45, 7) is 5.10. The third-order valence-corrected chi connectivity index (χ3v) is 2.68. The summed E-state index contributed by atoms with van der Waals surface area (Å²) < 4.78 is 10.4. The number of rotatable bonds is 13. The predicted octanol–water partition coefficient (Wildman–Crippen LogP) is 4.22. The molecule has 0 saturated carbocycles. The highest BCUT2D eigenvalue weighted by molar-refractivity contribution is 5.69. The van der Waals surface area contributed by atoms with Crippen molar-refractivity contribution in [2.45, 2.75) is 65.2 Å². The second-order valence-corrected chi connectivity index (χ2v) is 4.45. The van der Waals surface area contributed by atoms with E-state index in [0.717, 1.165) is 25.5 Å². The second kappa shape index (κ2) is 14.2.